The largest absolute Gasteiger partial charge is 0.573 e. The summed E-state index contributed by atoms with van der Waals surface area (Å²) in [6.45, 7) is 1.90. The molecule has 2 fully saturated rings. The van der Waals surface area contributed by atoms with Gasteiger partial charge >= 0.3 is 6.36 Å². The molecule has 0 radical (unpaired) electrons. The highest BCUT2D eigenvalue weighted by Crippen LogP contribution is 2.41. The minimum absolute atomic E-state index is 0.0442. The SMILES string of the molecule is Cc1c(C(=O)N2C3CCC2CC(Cc2cnc4[nH]ccc4c2)C3)cccc1-c1ccc(OC(F)(F)F)cc1. The Labute approximate surface area is 218 Å². The number of amides is 1. The van der Waals surface area contributed by atoms with Gasteiger partial charge in [0.2, 0.25) is 0 Å². The van der Waals surface area contributed by atoms with Gasteiger partial charge in [-0.15, -0.1) is 13.2 Å². The minimum Gasteiger partial charge on any atom is -0.406 e. The number of alkyl halides is 3. The van der Waals surface area contributed by atoms with Crippen LogP contribution >= 0.6 is 0 Å². The fraction of sp³-hybridized carbons (Fsp3) is 0.333. The van der Waals surface area contributed by atoms with E-state index in [0.717, 1.165) is 59.8 Å². The molecule has 2 atom stereocenters. The molecule has 4 heterocycles. The summed E-state index contributed by atoms with van der Waals surface area (Å²) in [5, 5.41) is 1.12. The lowest BCUT2D eigenvalue weighted by atomic mass is 9.85. The number of hydrogen-bond donors (Lipinski definition) is 1. The second kappa shape index (κ2) is 9.49. The summed E-state index contributed by atoms with van der Waals surface area (Å²) in [6.07, 6.45) is 4.08. The van der Waals surface area contributed by atoms with Crippen LogP contribution in [0.1, 0.15) is 47.2 Å². The number of benzene rings is 2. The number of carbonyl (C=O) groups is 1. The predicted molar refractivity (Wildman–Crippen MR) is 139 cm³/mol. The number of H-pyrrole nitrogens is 1. The second-order valence-corrected chi connectivity index (χ2v) is 10.4. The molecule has 4 aromatic rings. The van der Waals surface area contributed by atoms with Gasteiger partial charge in [0, 0.05) is 35.4 Å². The van der Waals surface area contributed by atoms with Crippen LogP contribution in [0.4, 0.5) is 13.2 Å². The van der Waals surface area contributed by atoms with Crippen LogP contribution in [-0.4, -0.2) is 39.2 Å². The van der Waals surface area contributed by atoms with E-state index in [2.05, 4.69) is 25.7 Å². The van der Waals surface area contributed by atoms with Gasteiger partial charge in [0.25, 0.3) is 5.91 Å². The first kappa shape index (κ1) is 24.5. The van der Waals surface area contributed by atoms with E-state index in [-0.39, 0.29) is 23.7 Å². The van der Waals surface area contributed by atoms with E-state index in [0.29, 0.717) is 11.5 Å². The van der Waals surface area contributed by atoms with Crippen molar-refractivity contribution in [1.29, 1.82) is 0 Å². The Morgan fingerprint density at radius 1 is 1.08 bits per heavy atom. The molecule has 5 nitrogen and oxygen atoms in total. The number of hydrogen-bond acceptors (Lipinski definition) is 3. The topological polar surface area (TPSA) is 58.2 Å². The number of piperidine rings is 1. The Morgan fingerprint density at radius 2 is 1.82 bits per heavy atom. The van der Waals surface area contributed by atoms with Crippen molar-refractivity contribution in [1.82, 2.24) is 14.9 Å². The number of aromatic nitrogens is 2. The third-order valence-electron chi connectivity index (χ3n) is 8.01. The Bertz CT molecular complexity index is 1460. The average Bonchev–Trinajstić information content (AvgIpc) is 3.45. The van der Waals surface area contributed by atoms with Gasteiger partial charge in [-0.3, -0.25) is 4.79 Å². The zero-order valence-electron chi connectivity index (χ0n) is 21.0. The molecule has 1 N–H and O–H groups in total. The molecule has 2 aliphatic rings. The molecule has 2 aliphatic heterocycles. The summed E-state index contributed by atoms with van der Waals surface area (Å²) in [5.74, 6) is 0.289. The molecular weight excluding hydrogens is 491 g/mol. The second-order valence-electron chi connectivity index (χ2n) is 10.4. The van der Waals surface area contributed by atoms with E-state index in [1.807, 2.05) is 43.6 Å². The van der Waals surface area contributed by atoms with Crippen LogP contribution in [0.3, 0.4) is 0 Å². The normalized spacial score (nSPS) is 21.2. The summed E-state index contributed by atoms with van der Waals surface area (Å²) in [4.78, 5) is 23.6. The summed E-state index contributed by atoms with van der Waals surface area (Å²) < 4.78 is 41.6. The average molecular weight is 520 g/mol. The highest BCUT2D eigenvalue weighted by molar-refractivity contribution is 5.98. The van der Waals surface area contributed by atoms with Gasteiger partial charge in [0.05, 0.1) is 0 Å². The van der Waals surface area contributed by atoms with Gasteiger partial charge in [0.1, 0.15) is 11.4 Å². The van der Waals surface area contributed by atoms with Crippen LogP contribution in [0.25, 0.3) is 22.2 Å². The predicted octanol–water partition coefficient (Wildman–Crippen LogP) is 7.06. The Hall–Kier alpha value is -3.81. The maximum Gasteiger partial charge on any atom is 0.573 e. The zero-order valence-corrected chi connectivity index (χ0v) is 21.0. The van der Waals surface area contributed by atoms with Crippen molar-refractivity contribution in [2.24, 2.45) is 5.92 Å². The number of halogens is 3. The molecule has 2 aromatic carbocycles. The first-order valence-electron chi connectivity index (χ1n) is 13.0. The first-order valence-corrected chi connectivity index (χ1v) is 13.0. The van der Waals surface area contributed by atoms with E-state index < -0.39 is 6.36 Å². The maximum absolute atomic E-state index is 13.8. The zero-order chi connectivity index (χ0) is 26.4. The van der Waals surface area contributed by atoms with Crippen molar-refractivity contribution in [2.45, 2.75) is 57.5 Å². The van der Waals surface area contributed by atoms with Crippen molar-refractivity contribution in [3.8, 4) is 16.9 Å². The fourth-order valence-corrected chi connectivity index (χ4v) is 6.37. The van der Waals surface area contributed by atoms with Crippen LogP contribution in [-0.2, 0) is 6.42 Å². The molecule has 2 bridgehead atoms. The molecule has 38 heavy (non-hydrogen) atoms. The molecule has 6 rings (SSSR count). The Morgan fingerprint density at radius 3 is 2.53 bits per heavy atom. The number of nitrogens with zero attached hydrogens (tertiary/aromatic N) is 2. The number of pyridine rings is 1. The maximum atomic E-state index is 13.8. The highest BCUT2D eigenvalue weighted by atomic mass is 19.4. The third kappa shape index (κ3) is 4.75. The van der Waals surface area contributed by atoms with Gasteiger partial charge in [-0.2, -0.15) is 0 Å². The number of ether oxygens (including phenoxy) is 1. The Kier molecular flexibility index (Phi) is 6.13. The molecule has 1 amide bonds. The molecule has 196 valence electrons. The van der Waals surface area contributed by atoms with Gasteiger partial charge in [-0.25, -0.2) is 4.98 Å². The summed E-state index contributed by atoms with van der Waals surface area (Å²) in [6, 6.07) is 16.0. The quantitative estimate of drug-likeness (QED) is 0.307. The standard InChI is InChI=1S/C30H28F3N3O2/c1-18-26(21-5-9-25(10-6-21)38-30(31,32)33)3-2-4-27(18)29(37)36-23-7-8-24(36)16-19(15-23)13-20-14-22-11-12-34-28(22)35-17-20/h2-6,9-12,14,17,19,23-24H,7-8,13,15-16H2,1H3,(H,34,35). The van der Waals surface area contributed by atoms with Gasteiger partial charge in [-0.05, 0) is 97.5 Å². The molecular formula is C30H28F3N3O2. The number of rotatable bonds is 5. The smallest absolute Gasteiger partial charge is 0.406 e. The van der Waals surface area contributed by atoms with Crippen LogP contribution in [0, 0.1) is 12.8 Å². The number of aromatic amines is 1. The van der Waals surface area contributed by atoms with E-state index in [1.165, 1.54) is 17.7 Å². The van der Waals surface area contributed by atoms with Crippen molar-refractivity contribution < 1.29 is 22.7 Å². The van der Waals surface area contributed by atoms with Gasteiger partial charge in [-0.1, -0.05) is 24.3 Å². The summed E-state index contributed by atoms with van der Waals surface area (Å²) >= 11 is 0. The highest BCUT2D eigenvalue weighted by Gasteiger charge is 2.43. The lowest BCUT2D eigenvalue weighted by Gasteiger charge is -2.39. The molecule has 0 aliphatic carbocycles. The molecule has 0 saturated carbocycles. The van der Waals surface area contributed by atoms with Crippen LogP contribution < -0.4 is 4.74 Å². The monoisotopic (exact) mass is 519 g/mol. The van der Waals surface area contributed by atoms with Crippen LogP contribution in [0.5, 0.6) is 5.75 Å². The first-order chi connectivity index (χ1) is 18.2. The van der Waals surface area contributed by atoms with E-state index >= 15 is 0 Å². The molecule has 2 unspecified atom stereocenters. The lowest BCUT2D eigenvalue weighted by Crippen LogP contribution is -2.47. The van der Waals surface area contributed by atoms with E-state index in [9.17, 15) is 18.0 Å². The van der Waals surface area contributed by atoms with Gasteiger partial charge < -0.3 is 14.6 Å². The van der Waals surface area contributed by atoms with Crippen LogP contribution in [0.2, 0.25) is 0 Å². The van der Waals surface area contributed by atoms with Crippen molar-refractivity contribution in [3.05, 3.63) is 83.7 Å². The van der Waals surface area contributed by atoms with Gasteiger partial charge in [0.15, 0.2) is 0 Å². The fourth-order valence-electron chi connectivity index (χ4n) is 6.37. The summed E-state index contributed by atoms with van der Waals surface area (Å²) in [7, 11) is 0. The molecule has 8 heteroatoms. The summed E-state index contributed by atoms with van der Waals surface area (Å²) in [5.41, 5.74) is 5.17. The van der Waals surface area contributed by atoms with E-state index in [4.69, 9.17) is 0 Å². The third-order valence-corrected chi connectivity index (χ3v) is 8.01. The molecule has 0 spiro atoms. The van der Waals surface area contributed by atoms with Crippen molar-refractivity contribution >= 4 is 16.9 Å². The van der Waals surface area contributed by atoms with Crippen molar-refractivity contribution in [2.75, 3.05) is 0 Å². The molecule has 2 aromatic heterocycles. The van der Waals surface area contributed by atoms with Crippen LogP contribution in [0.15, 0.2) is 67.0 Å². The number of fused-ring (bicyclic) bond motifs is 3. The number of carbonyl (C=O) groups excluding carboxylic acids is 1. The minimum atomic E-state index is -4.73. The molecule has 2 saturated heterocycles. The number of nitrogens with one attached hydrogen (secondary N) is 1. The van der Waals surface area contributed by atoms with E-state index in [1.54, 1.807) is 12.1 Å². The Balaban J connectivity index is 1.18. The van der Waals surface area contributed by atoms with Crippen molar-refractivity contribution in [3.63, 3.8) is 0 Å². The lowest BCUT2D eigenvalue weighted by molar-refractivity contribution is -0.274.